The lowest BCUT2D eigenvalue weighted by Gasteiger charge is -2.06. The van der Waals surface area contributed by atoms with Crippen LogP contribution in [0.4, 0.5) is 4.39 Å². The van der Waals surface area contributed by atoms with Crippen molar-refractivity contribution in [3.8, 4) is 5.75 Å². The third kappa shape index (κ3) is 2.96. The van der Waals surface area contributed by atoms with Gasteiger partial charge >= 0.3 is 0 Å². The highest BCUT2D eigenvalue weighted by Gasteiger charge is 2.08. The average Bonchev–Trinajstić information content (AvgIpc) is 2.57. The van der Waals surface area contributed by atoms with Gasteiger partial charge in [0.2, 0.25) is 0 Å². The van der Waals surface area contributed by atoms with Crippen LogP contribution in [0.3, 0.4) is 0 Å². The van der Waals surface area contributed by atoms with Gasteiger partial charge in [0.15, 0.2) is 5.13 Å². The van der Waals surface area contributed by atoms with E-state index in [-0.39, 0.29) is 11.7 Å². The van der Waals surface area contributed by atoms with Gasteiger partial charge in [-0.1, -0.05) is 29.0 Å². The minimum Gasteiger partial charge on any atom is -0.485 e. The second-order valence-electron chi connectivity index (χ2n) is 3.69. The smallest absolute Gasteiger partial charge is 0.199 e. The lowest BCUT2D eigenvalue weighted by Crippen LogP contribution is -1.95. The molecule has 5 heteroatoms. The lowest BCUT2D eigenvalue weighted by molar-refractivity contribution is 0.305. The van der Waals surface area contributed by atoms with Crippen LogP contribution < -0.4 is 4.74 Å². The Bertz CT molecular complexity index is 522. The number of hydrogen-bond donors (Lipinski definition) is 0. The lowest BCUT2D eigenvalue weighted by atomic mass is 10.2. The molecule has 0 saturated heterocycles. The molecule has 2 nitrogen and oxygen atoms in total. The van der Waals surface area contributed by atoms with Gasteiger partial charge in [-0.25, -0.2) is 4.98 Å². The Morgan fingerprint density at radius 3 is 2.76 bits per heavy atom. The molecule has 90 valence electrons. The Hall–Kier alpha value is -1.13. The third-order valence-corrected chi connectivity index (χ3v) is 3.44. The molecule has 1 aromatic carbocycles. The minimum atomic E-state index is -0.265. The van der Waals surface area contributed by atoms with Crippen molar-refractivity contribution in [1.82, 2.24) is 4.98 Å². The van der Waals surface area contributed by atoms with E-state index in [2.05, 4.69) is 4.98 Å². The third-order valence-electron chi connectivity index (χ3n) is 2.22. The van der Waals surface area contributed by atoms with Gasteiger partial charge in [0.25, 0.3) is 0 Å². The standard InChI is InChI=1S/C12H11ClFNOS/c1-7-3-4-10(9(13)5-7)16-6-11-15-8(2)12(14)17-11/h3-5H,6H2,1-2H3. The van der Waals surface area contributed by atoms with Crippen LogP contribution in [-0.2, 0) is 6.61 Å². The van der Waals surface area contributed by atoms with Gasteiger partial charge in [-0.15, -0.1) is 0 Å². The Morgan fingerprint density at radius 2 is 2.18 bits per heavy atom. The molecule has 2 aromatic rings. The molecule has 0 radical (unpaired) electrons. The number of aromatic nitrogens is 1. The highest BCUT2D eigenvalue weighted by molar-refractivity contribution is 7.10. The molecule has 0 unspecified atom stereocenters. The molecule has 0 bridgehead atoms. The van der Waals surface area contributed by atoms with Gasteiger partial charge in [-0.05, 0) is 31.5 Å². The van der Waals surface area contributed by atoms with Crippen molar-refractivity contribution in [3.63, 3.8) is 0 Å². The summed E-state index contributed by atoms with van der Waals surface area (Å²) in [5, 5.41) is 0.897. The van der Waals surface area contributed by atoms with Crippen molar-refractivity contribution in [3.05, 3.63) is 44.6 Å². The summed E-state index contributed by atoms with van der Waals surface area (Å²) < 4.78 is 18.6. The second kappa shape index (κ2) is 5.02. The predicted octanol–water partition coefficient (Wildman–Crippen LogP) is 4.13. The second-order valence-corrected chi connectivity index (χ2v) is 5.13. The van der Waals surface area contributed by atoms with Crippen LogP contribution in [0.1, 0.15) is 16.3 Å². The fourth-order valence-electron chi connectivity index (χ4n) is 1.36. The summed E-state index contributed by atoms with van der Waals surface area (Å²) in [6.07, 6.45) is 0. The first kappa shape index (κ1) is 12.3. The van der Waals surface area contributed by atoms with E-state index in [1.807, 2.05) is 19.1 Å². The van der Waals surface area contributed by atoms with Crippen molar-refractivity contribution in [1.29, 1.82) is 0 Å². The fourth-order valence-corrected chi connectivity index (χ4v) is 2.35. The zero-order chi connectivity index (χ0) is 12.4. The largest absolute Gasteiger partial charge is 0.485 e. The van der Waals surface area contributed by atoms with Crippen LogP contribution in [0.25, 0.3) is 0 Å². The number of halogens is 2. The topological polar surface area (TPSA) is 22.1 Å². The summed E-state index contributed by atoms with van der Waals surface area (Å²) in [6.45, 7) is 3.82. The number of hydrogen-bond acceptors (Lipinski definition) is 3. The first-order valence-electron chi connectivity index (χ1n) is 5.07. The van der Waals surface area contributed by atoms with E-state index in [1.165, 1.54) is 0 Å². The van der Waals surface area contributed by atoms with Gasteiger partial charge in [-0.2, -0.15) is 4.39 Å². The molecular weight excluding hydrogens is 261 g/mol. The Balaban J connectivity index is 2.07. The van der Waals surface area contributed by atoms with Gasteiger partial charge in [0, 0.05) is 0 Å². The van der Waals surface area contributed by atoms with Crippen LogP contribution in [0.5, 0.6) is 5.75 Å². The van der Waals surface area contributed by atoms with E-state index in [0.717, 1.165) is 16.9 Å². The fraction of sp³-hybridized carbons (Fsp3) is 0.250. The maximum Gasteiger partial charge on any atom is 0.199 e. The molecule has 0 spiro atoms. The number of thiazole rings is 1. The average molecular weight is 272 g/mol. The first-order valence-corrected chi connectivity index (χ1v) is 6.26. The van der Waals surface area contributed by atoms with Crippen molar-refractivity contribution in [2.45, 2.75) is 20.5 Å². The Labute approximate surface area is 108 Å². The Morgan fingerprint density at radius 1 is 1.41 bits per heavy atom. The molecule has 0 aliphatic rings. The molecule has 0 atom stereocenters. The van der Waals surface area contributed by atoms with E-state index in [9.17, 15) is 4.39 Å². The minimum absolute atomic E-state index is 0.234. The van der Waals surface area contributed by atoms with Crippen molar-refractivity contribution in [2.24, 2.45) is 0 Å². The molecule has 0 saturated carbocycles. The SMILES string of the molecule is Cc1ccc(OCc2nc(C)c(F)s2)c(Cl)c1. The molecule has 0 N–H and O–H groups in total. The molecule has 1 heterocycles. The highest BCUT2D eigenvalue weighted by atomic mass is 35.5. The quantitative estimate of drug-likeness (QED) is 0.837. The molecule has 2 rings (SSSR count). The van der Waals surface area contributed by atoms with Gasteiger partial charge in [-0.3, -0.25) is 0 Å². The Kier molecular flexibility index (Phi) is 3.64. The zero-order valence-electron chi connectivity index (χ0n) is 9.46. The molecule has 17 heavy (non-hydrogen) atoms. The summed E-state index contributed by atoms with van der Waals surface area (Å²) >= 11 is 7.01. The molecule has 0 aliphatic heterocycles. The van der Waals surface area contributed by atoms with Crippen LogP contribution in [0.2, 0.25) is 5.02 Å². The monoisotopic (exact) mass is 271 g/mol. The maximum absolute atomic E-state index is 13.1. The van der Waals surface area contributed by atoms with Gasteiger partial charge < -0.3 is 4.74 Å². The summed E-state index contributed by atoms with van der Waals surface area (Å²) in [5.41, 5.74) is 1.47. The highest BCUT2D eigenvalue weighted by Crippen LogP contribution is 2.26. The molecule has 0 fully saturated rings. The molecule has 1 aromatic heterocycles. The molecule has 0 amide bonds. The van der Waals surface area contributed by atoms with E-state index in [4.69, 9.17) is 16.3 Å². The van der Waals surface area contributed by atoms with Crippen molar-refractivity contribution < 1.29 is 9.13 Å². The van der Waals surface area contributed by atoms with Crippen LogP contribution >= 0.6 is 22.9 Å². The summed E-state index contributed by atoms with van der Waals surface area (Å²) in [4.78, 5) is 4.05. The van der Waals surface area contributed by atoms with Crippen LogP contribution in [0, 0.1) is 19.0 Å². The molecular formula is C12H11ClFNOS. The van der Waals surface area contributed by atoms with Crippen LogP contribution in [0.15, 0.2) is 18.2 Å². The van der Waals surface area contributed by atoms with E-state index < -0.39 is 0 Å². The number of aryl methyl sites for hydroxylation is 2. The summed E-state index contributed by atoms with van der Waals surface area (Å²) in [5.74, 6) is 0.588. The van der Waals surface area contributed by atoms with Crippen molar-refractivity contribution in [2.75, 3.05) is 0 Å². The molecule has 0 aliphatic carbocycles. The zero-order valence-corrected chi connectivity index (χ0v) is 11.0. The van der Waals surface area contributed by atoms with E-state index in [1.54, 1.807) is 13.0 Å². The maximum atomic E-state index is 13.1. The van der Waals surface area contributed by atoms with Gasteiger partial charge in [0.1, 0.15) is 17.4 Å². The van der Waals surface area contributed by atoms with Crippen LogP contribution in [-0.4, -0.2) is 4.98 Å². The number of ether oxygens (including phenoxy) is 1. The normalized spacial score (nSPS) is 10.6. The van der Waals surface area contributed by atoms with E-state index >= 15 is 0 Å². The van der Waals surface area contributed by atoms with Crippen molar-refractivity contribution >= 4 is 22.9 Å². The summed E-state index contributed by atoms with van der Waals surface area (Å²) in [6, 6.07) is 5.54. The summed E-state index contributed by atoms with van der Waals surface area (Å²) in [7, 11) is 0. The first-order chi connectivity index (χ1) is 8.06. The van der Waals surface area contributed by atoms with E-state index in [0.29, 0.717) is 21.5 Å². The number of rotatable bonds is 3. The van der Waals surface area contributed by atoms with Gasteiger partial charge in [0.05, 0.1) is 10.7 Å². The number of benzene rings is 1. The predicted molar refractivity (Wildman–Crippen MR) is 67.3 cm³/mol. The number of nitrogens with zero attached hydrogens (tertiary/aromatic N) is 1.